The number of amides is 1. The molecule has 1 aliphatic heterocycles. The molecule has 2 fully saturated rings. The highest BCUT2D eigenvalue weighted by atomic mass is 16.2. The van der Waals surface area contributed by atoms with Crippen molar-refractivity contribution in [1.82, 2.24) is 10.2 Å². The van der Waals surface area contributed by atoms with Crippen molar-refractivity contribution in [2.45, 2.75) is 57.9 Å². The van der Waals surface area contributed by atoms with Crippen LogP contribution in [0.1, 0.15) is 51.9 Å². The van der Waals surface area contributed by atoms with Crippen molar-refractivity contribution >= 4 is 5.91 Å². The first kappa shape index (κ1) is 12.9. The molecule has 1 aliphatic carbocycles. The zero-order valence-electron chi connectivity index (χ0n) is 11.1. The SMILES string of the molecule is C[C@H]1CNCCN1C(=O)CCC1CCCCC1. The molecule has 0 bridgehead atoms. The predicted molar refractivity (Wildman–Crippen MR) is 69.9 cm³/mol. The number of nitrogens with zero attached hydrogens (tertiary/aromatic N) is 1. The second-order valence-corrected chi connectivity index (χ2v) is 5.68. The van der Waals surface area contributed by atoms with Crippen LogP contribution in [-0.2, 0) is 4.79 Å². The van der Waals surface area contributed by atoms with Crippen molar-refractivity contribution in [3.05, 3.63) is 0 Å². The number of nitrogens with one attached hydrogen (secondary N) is 1. The molecular formula is C14H26N2O. The van der Waals surface area contributed by atoms with Gasteiger partial charge in [-0.15, -0.1) is 0 Å². The normalized spacial score (nSPS) is 27.1. The standard InChI is InChI=1S/C14H26N2O/c1-12-11-15-9-10-16(12)14(17)8-7-13-5-3-2-4-6-13/h12-13,15H,2-11H2,1H3/t12-/m0/s1. The lowest BCUT2D eigenvalue weighted by atomic mass is 9.86. The van der Waals surface area contributed by atoms with Gasteiger partial charge in [0.05, 0.1) is 0 Å². The topological polar surface area (TPSA) is 32.3 Å². The van der Waals surface area contributed by atoms with E-state index < -0.39 is 0 Å². The number of hydrogen-bond donors (Lipinski definition) is 1. The Morgan fingerprint density at radius 3 is 2.76 bits per heavy atom. The Morgan fingerprint density at radius 2 is 2.06 bits per heavy atom. The zero-order valence-corrected chi connectivity index (χ0v) is 11.1. The minimum Gasteiger partial charge on any atom is -0.337 e. The molecule has 0 spiro atoms. The van der Waals surface area contributed by atoms with Crippen molar-refractivity contribution in [1.29, 1.82) is 0 Å². The van der Waals surface area contributed by atoms with Gasteiger partial charge in [-0.25, -0.2) is 0 Å². The summed E-state index contributed by atoms with van der Waals surface area (Å²) in [6.45, 7) is 4.95. The molecule has 0 aromatic heterocycles. The highest BCUT2D eigenvalue weighted by molar-refractivity contribution is 5.76. The van der Waals surface area contributed by atoms with E-state index in [1.807, 2.05) is 0 Å². The van der Waals surface area contributed by atoms with Crippen molar-refractivity contribution in [2.24, 2.45) is 5.92 Å². The number of carbonyl (C=O) groups is 1. The number of rotatable bonds is 3. The molecule has 2 rings (SSSR count). The highest BCUT2D eigenvalue weighted by Crippen LogP contribution is 2.27. The van der Waals surface area contributed by atoms with E-state index in [2.05, 4.69) is 17.1 Å². The molecule has 3 heteroatoms. The maximum atomic E-state index is 12.1. The lowest BCUT2D eigenvalue weighted by molar-refractivity contribution is -0.134. The van der Waals surface area contributed by atoms with Gasteiger partial charge >= 0.3 is 0 Å². The number of carbonyl (C=O) groups excluding carboxylic acids is 1. The summed E-state index contributed by atoms with van der Waals surface area (Å²) in [5, 5.41) is 3.33. The zero-order chi connectivity index (χ0) is 12.1. The summed E-state index contributed by atoms with van der Waals surface area (Å²) in [6.07, 6.45) is 8.75. The fraction of sp³-hybridized carbons (Fsp3) is 0.929. The molecule has 0 unspecified atom stereocenters. The molecule has 1 amide bonds. The van der Waals surface area contributed by atoms with Crippen LogP contribution in [0.4, 0.5) is 0 Å². The van der Waals surface area contributed by atoms with Gasteiger partial charge in [0.25, 0.3) is 0 Å². The van der Waals surface area contributed by atoms with Gasteiger partial charge < -0.3 is 10.2 Å². The summed E-state index contributed by atoms with van der Waals surface area (Å²) in [5.41, 5.74) is 0. The highest BCUT2D eigenvalue weighted by Gasteiger charge is 2.23. The molecule has 17 heavy (non-hydrogen) atoms. The summed E-state index contributed by atoms with van der Waals surface area (Å²) in [4.78, 5) is 14.2. The van der Waals surface area contributed by atoms with E-state index >= 15 is 0 Å². The number of piperazine rings is 1. The van der Waals surface area contributed by atoms with Gasteiger partial charge in [-0.2, -0.15) is 0 Å². The van der Waals surface area contributed by atoms with E-state index in [0.717, 1.165) is 38.4 Å². The largest absolute Gasteiger partial charge is 0.337 e. The summed E-state index contributed by atoms with van der Waals surface area (Å²) >= 11 is 0. The molecule has 1 saturated heterocycles. The quantitative estimate of drug-likeness (QED) is 0.817. The molecule has 3 nitrogen and oxygen atoms in total. The Balaban J connectivity index is 1.72. The first-order valence-electron chi connectivity index (χ1n) is 7.27. The Bertz CT molecular complexity index is 249. The van der Waals surface area contributed by atoms with Gasteiger partial charge in [-0.1, -0.05) is 32.1 Å². The molecule has 0 radical (unpaired) electrons. The van der Waals surface area contributed by atoms with Gasteiger partial charge in [0.2, 0.25) is 5.91 Å². The lowest BCUT2D eigenvalue weighted by Gasteiger charge is -2.34. The van der Waals surface area contributed by atoms with E-state index in [1.54, 1.807) is 0 Å². The van der Waals surface area contributed by atoms with Gasteiger partial charge in [0.1, 0.15) is 0 Å². The van der Waals surface area contributed by atoms with Crippen LogP contribution in [0.15, 0.2) is 0 Å². The van der Waals surface area contributed by atoms with Gasteiger partial charge in [0.15, 0.2) is 0 Å². The van der Waals surface area contributed by atoms with E-state index in [1.165, 1.54) is 32.1 Å². The van der Waals surface area contributed by atoms with Crippen LogP contribution in [0.5, 0.6) is 0 Å². The van der Waals surface area contributed by atoms with E-state index in [9.17, 15) is 4.79 Å². The van der Waals surface area contributed by atoms with E-state index in [4.69, 9.17) is 0 Å². The van der Waals surface area contributed by atoms with Crippen LogP contribution < -0.4 is 5.32 Å². The third-order valence-electron chi connectivity index (χ3n) is 4.31. The maximum Gasteiger partial charge on any atom is 0.222 e. The average Bonchev–Trinajstić information content (AvgIpc) is 2.38. The minimum atomic E-state index is 0.377. The van der Waals surface area contributed by atoms with Crippen LogP contribution >= 0.6 is 0 Å². The first-order chi connectivity index (χ1) is 8.27. The van der Waals surface area contributed by atoms with Gasteiger partial charge in [-0.05, 0) is 19.3 Å². The lowest BCUT2D eigenvalue weighted by Crippen LogP contribution is -2.52. The Morgan fingerprint density at radius 1 is 1.29 bits per heavy atom. The fourth-order valence-electron chi connectivity index (χ4n) is 3.16. The van der Waals surface area contributed by atoms with Crippen LogP contribution in [0.2, 0.25) is 0 Å². The van der Waals surface area contributed by atoms with E-state index in [0.29, 0.717) is 11.9 Å². The predicted octanol–water partition coefficient (Wildman–Crippen LogP) is 2.17. The van der Waals surface area contributed by atoms with Gasteiger partial charge in [-0.3, -0.25) is 4.79 Å². The van der Waals surface area contributed by atoms with Crippen molar-refractivity contribution in [2.75, 3.05) is 19.6 Å². The molecule has 2 aliphatic rings. The van der Waals surface area contributed by atoms with Crippen LogP contribution in [0.25, 0.3) is 0 Å². The molecular weight excluding hydrogens is 212 g/mol. The molecule has 0 aromatic carbocycles. The van der Waals surface area contributed by atoms with Gasteiger partial charge in [0, 0.05) is 32.1 Å². The average molecular weight is 238 g/mol. The summed E-state index contributed by atoms with van der Waals surface area (Å²) in [7, 11) is 0. The summed E-state index contributed by atoms with van der Waals surface area (Å²) in [5.74, 6) is 1.20. The molecule has 1 N–H and O–H groups in total. The molecule has 1 saturated carbocycles. The number of hydrogen-bond acceptors (Lipinski definition) is 2. The van der Waals surface area contributed by atoms with Crippen LogP contribution in [0, 0.1) is 5.92 Å². The Kier molecular flexibility index (Phi) is 4.84. The molecule has 1 heterocycles. The van der Waals surface area contributed by atoms with E-state index in [-0.39, 0.29) is 0 Å². The third-order valence-corrected chi connectivity index (χ3v) is 4.31. The second kappa shape index (κ2) is 6.39. The molecule has 0 aromatic rings. The van der Waals surface area contributed by atoms with Crippen molar-refractivity contribution in [3.8, 4) is 0 Å². The van der Waals surface area contributed by atoms with Crippen molar-refractivity contribution < 1.29 is 4.79 Å². The smallest absolute Gasteiger partial charge is 0.222 e. The summed E-state index contributed by atoms with van der Waals surface area (Å²) < 4.78 is 0. The Labute approximate surface area is 105 Å². The molecule has 1 atom stereocenters. The maximum absolute atomic E-state index is 12.1. The fourth-order valence-corrected chi connectivity index (χ4v) is 3.16. The second-order valence-electron chi connectivity index (χ2n) is 5.68. The monoisotopic (exact) mass is 238 g/mol. The Hall–Kier alpha value is -0.570. The minimum absolute atomic E-state index is 0.377. The third kappa shape index (κ3) is 3.70. The first-order valence-corrected chi connectivity index (χ1v) is 7.27. The van der Waals surface area contributed by atoms with Crippen LogP contribution in [-0.4, -0.2) is 36.5 Å². The van der Waals surface area contributed by atoms with Crippen molar-refractivity contribution in [3.63, 3.8) is 0 Å². The summed E-state index contributed by atoms with van der Waals surface area (Å²) in [6, 6.07) is 0.377. The molecule has 98 valence electrons. The van der Waals surface area contributed by atoms with Crippen LogP contribution in [0.3, 0.4) is 0 Å².